The van der Waals surface area contributed by atoms with Crippen molar-refractivity contribution in [2.45, 2.75) is 11.3 Å². The number of hydrogen-bond acceptors (Lipinski definition) is 5. The molecule has 0 bridgehead atoms. The molecule has 0 aromatic heterocycles. The lowest BCUT2D eigenvalue weighted by Gasteiger charge is -2.34. The summed E-state index contributed by atoms with van der Waals surface area (Å²) in [6.45, 7) is 0.746. The first-order valence-corrected chi connectivity index (χ1v) is 12.4. The van der Waals surface area contributed by atoms with Crippen LogP contribution in [0.1, 0.15) is 16.7 Å². The quantitative estimate of drug-likeness (QED) is 0.524. The van der Waals surface area contributed by atoms with E-state index >= 15 is 0 Å². The number of para-hydroxylation sites is 1. The lowest BCUT2D eigenvalue weighted by atomic mass is 10.0. The molecule has 7 nitrogen and oxygen atoms in total. The third kappa shape index (κ3) is 5.28. The minimum atomic E-state index is -3.80. The van der Waals surface area contributed by atoms with E-state index in [-0.39, 0.29) is 49.2 Å². The molecule has 1 fully saturated rings. The third-order valence-corrected chi connectivity index (χ3v) is 7.73. The first-order valence-electron chi connectivity index (χ1n) is 11.0. The highest BCUT2D eigenvalue weighted by molar-refractivity contribution is 7.89. The number of amides is 1. The van der Waals surface area contributed by atoms with Gasteiger partial charge in [-0.2, -0.15) is 9.57 Å². The Hall–Kier alpha value is -3.67. The molecule has 1 saturated heterocycles. The monoisotopic (exact) mass is 475 g/mol. The van der Waals surface area contributed by atoms with Crippen LogP contribution in [0.4, 0.5) is 0 Å². The Morgan fingerprint density at radius 1 is 0.882 bits per heavy atom. The van der Waals surface area contributed by atoms with Crippen molar-refractivity contribution in [1.29, 1.82) is 5.26 Å². The van der Waals surface area contributed by atoms with Crippen LogP contribution >= 0.6 is 0 Å². The standard InChI is InChI=1S/C26H25N3O4S/c27-19-23-11-5-7-13-25(23)34(31,32)29-16-14-28(15-17-29)26(30)20-33-24-12-6-4-10-22(24)18-21-8-2-1-3-9-21/h1-13H,14-18,20H2. The summed E-state index contributed by atoms with van der Waals surface area (Å²) < 4.78 is 33.2. The van der Waals surface area contributed by atoms with Crippen LogP contribution in [0.5, 0.6) is 5.75 Å². The molecule has 0 saturated carbocycles. The first kappa shape index (κ1) is 23.5. The molecule has 1 amide bonds. The molecule has 174 valence electrons. The van der Waals surface area contributed by atoms with Crippen molar-refractivity contribution in [3.8, 4) is 11.8 Å². The largest absolute Gasteiger partial charge is 0.483 e. The molecular formula is C26H25N3O4S. The molecule has 0 N–H and O–H groups in total. The van der Waals surface area contributed by atoms with Crippen molar-refractivity contribution < 1.29 is 17.9 Å². The van der Waals surface area contributed by atoms with Gasteiger partial charge in [0.05, 0.1) is 10.5 Å². The maximum Gasteiger partial charge on any atom is 0.260 e. The predicted octanol–water partition coefficient (Wildman–Crippen LogP) is 3.06. The van der Waals surface area contributed by atoms with Crippen LogP contribution in [0.3, 0.4) is 0 Å². The highest BCUT2D eigenvalue weighted by Crippen LogP contribution is 2.23. The second kappa shape index (κ2) is 10.5. The second-order valence-electron chi connectivity index (χ2n) is 7.95. The van der Waals surface area contributed by atoms with Gasteiger partial charge in [0, 0.05) is 32.6 Å². The van der Waals surface area contributed by atoms with Gasteiger partial charge >= 0.3 is 0 Å². The second-order valence-corrected chi connectivity index (χ2v) is 9.86. The van der Waals surface area contributed by atoms with E-state index in [0.29, 0.717) is 12.2 Å². The molecular weight excluding hydrogens is 450 g/mol. The Kier molecular flexibility index (Phi) is 7.26. The normalized spacial score (nSPS) is 14.4. The number of carbonyl (C=O) groups excluding carboxylic acids is 1. The Balaban J connectivity index is 1.35. The number of piperazine rings is 1. The highest BCUT2D eigenvalue weighted by atomic mass is 32.2. The van der Waals surface area contributed by atoms with Gasteiger partial charge in [-0.15, -0.1) is 0 Å². The molecule has 8 heteroatoms. The van der Waals surface area contributed by atoms with Crippen molar-refractivity contribution in [2.75, 3.05) is 32.8 Å². The fourth-order valence-corrected chi connectivity index (χ4v) is 5.50. The molecule has 3 aromatic rings. The number of nitrogens with zero attached hydrogens (tertiary/aromatic N) is 3. The molecule has 0 unspecified atom stereocenters. The third-order valence-electron chi connectivity index (χ3n) is 5.78. The number of nitriles is 1. The maximum absolute atomic E-state index is 13.0. The fraction of sp³-hybridized carbons (Fsp3) is 0.231. The number of hydrogen-bond donors (Lipinski definition) is 0. The van der Waals surface area contributed by atoms with Crippen LogP contribution in [0.2, 0.25) is 0 Å². The average molecular weight is 476 g/mol. The topological polar surface area (TPSA) is 90.7 Å². The molecule has 3 aromatic carbocycles. The number of sulfonamides is 1. The van der Waals surface area contributed by atoms with Crippen LogP contribution in [0.15, 0.2) is 83.8 Å². The van der Waals surface area contributed by atoms with E-state index in [4.69, 9.17) is 4.74 Å². The Morgan fingerprint density at radius 2 is 1.53 bits per heavy atom. The molecule has 0 radical (unpaired) electrons. The molecule has 34 heavy (non-hydrogen) atoms. The van der Waals surface area contributed by atoms with Gasteiger partial charge in [0.15, 0.2) is 6.61 Å². The molecule has 0 spiro atoms. The van der Waals surface area contributed by atoms with Gasteiger partial charge in [0.25, 0.3) is 5.91 Å². The first-order chi connectivity index (χ1) is 16.5. The molecule has 0 atom stereocenters. The summed E-state index contributed by atoms with van der Waals surface area (Å²) in [5, 5.41) is 9.25. The highest BCUT2D eigenvalue weighted by Gasteiger charge is 2.31. The molecule has 4 rings (SSSR count). The van der Waals surface area contributed by atoms with Crippen LogP contribution in [-0.2, 0) is 21.2 Å². The summed E-state index contributed by atoms with van der Waals surface area (Å²) >= 11 is 0. The Bertz CT molecular complexity index is 1290. The van der Waals surface area contributed by atoms with Crippen LogP contribution < -0.4 is 4.74 Å². The van der Waals surface area contributed by atoms with Crippen molar-refractivity contribution in [2.24, 2.45) is 0 Å². The van der Waals surface area contributed by atoms with E-state index in [0.717, 1.165) is 11.1 Å². The van der Waals surface area contributed by atoms with E-state index in [1.165, 1.54) is 16.4 Å². The summed E-state index contributed by atoms with van der Waals surface area (Å²) in [4.78, 5) is 14.4. The van der Waals surface area contributed by atoms with E-state index in [2.05, 4.69) is 0 Å². The maximum atomic E-state index is 13.0. The fourth-order valence-electron chi connectivity index (χ4n) is 3.94. The summed E-state index contributed by atoms with van der Waals surface area (Å²) in [6, 6.07) is 25.8. The van der Waals surface area contributed by atoms with Crippen molar-refractivity contribution in [3.05, 3.63) is 95.6 Å². The van der Waals surface area contributed by atoms with Gasteiger partial charge in [0.2, 0.25) is 10.0 Å². The van der Waals surface area contributed by atoms with Crippen LogP contribution in [-0.4, -0.2) is 56.3 Å². The van der Waals surface area contributed by atoms with Gasteiger partial charge < -0.3 is 9.64 Å². The Morgan fingerprint density at radius 3 is 2.26 bits per heavy atom. The van der Waals surface area contributed by atoms with E-state index in [1.54, 1.807) is 17.0 Å². The van der Waals surface area contributed by atoms with Crippen LogP contribution in [0, 0.1) is 11.3 Å². The lowest BCUT2D eigenvalue weighted by Crippen LogP contribution is -2.51. The van der Waals surface area contributed by atoms with Crippen molar-refractivity contribution in [3.63, 3.8) is 0 Å². The zero-order valence-corrected chi connectivity index (χ0v) is 19.4. The summed E-state index contributed by atoms with van der Waals surface area (Å²) in [6.07, 6.45) is 0.700. The molecule has 1 aliphatic rings. The minimum absolute atomic E-state index is 0.00404. The average Bonchev–Trinajstić information content (AvgIpc) is 2.88. The Labute approximate surface area is 199 Å². The summed E-state index contributed by atoms with van der Waals surface area (Å²) in [5.74, 6) is 0.470. The smallest absolute Gasteiger partial charge is 0.260 e. The number of rotatable bonds is 7. The van der Waals surface area contributed by atoms with Gasteiger partial charge in [0.1, 0.15) is 11.8 Å². The van der Waals surface area contributed by atoms with Gasteiger partial charge in [-0.05, 0) is 29.3 Å². The van der Waals surface area contributed by atoms with Gasteiger partial charge in [-0.25, -0.2) is 8.42 Å². The number of carbonyl (C=O) groups is 1. The zero-order chi connectivity index (χ0) is 24.0. The summed E-state index contributed by atoms with van der Waals surface area (Å²) in [5.41, 5.74) is 2.26. The van der Waals surface area contributed by atoms with E-state index in [1.807, 2.05) is 60.7 Å². The van der Waals surface area contributed by atoms with Crippen molar-refractivity contribution in [1.82, 2.24) is 9.21 Å². The lowest BCUT2D eigenvalue weighted by molar-refractivity contribution is -0.134. The van der Waals surface area contributed by atoms with Gasteiger partial charge in [-0.3, -0.25) is 4.79 Å². The van der Waals surface area contributed by atoms with E-state index < -0.39 is 10.0 Å². The molecule has 0 aliphatic carbocycles. The predicted molar refractivity (Wildman–Crippen MR) is 128 cm³/mol. The van der Waals surface area contributed by atoms with Crippen LogP contribution in [0.25, 0.3) is 0 Å². The zero-order valence-electron chi connectivity index (χ0n) is 18.6. The molecule has 1 heterocycles. The SMILES string of the molecule is N#Cc1ccccc1S(=O)(=O)N1CCN(C(=O)COc2ccccc2Cc2ccccc2)CC1. The van der Waals surface area contributed by atoms with E-state index in [9.17, 15) is 18.5 Å². The number of benzene rings is 3. The molecule has 1 aliphatic heterocycles. The van der Waals surface area contributed by atoms with Gasteiger partial charge in [-0.1, -0.05) is 60.7 Å². The minimum Gasteiger partial charge on any atom is -0.483 e. The summed E-state index contributed by atoms with van der Waals surface area (Å²) in [7, 11) is -3.80. The van der Waals surface area contributed by atoms with Crippen molar-refractivity contribution >= 4 is 15.9 Å². The number of ether oxygens (including phenoxy) is 1.